The van der Waals surface area contributed by atoms with Crippen molar-refractivity contribution in [3.63, 3.8) is 0 Å². The van der Waals surface area contributed by atoms with Crippen LogP contribution >= 0.6 is 0 Å². The molecule has 1 aromatic rings. The fourth-order valence-corrected chi connectivity index (χ4v) is 3.05. The highest BCUT2D eigenvalue weighted by Gasteiger charge is 2.39. The first kappa shape index (κ1) is 15.3. The third-order valence-corrected chi connectivity index (χ3v) is 4.22. The van der Waals surface area contributed by atoms with Gasteiger partial charge >= 0.3 is 5.97 Å². The van der Waals surface area contributed by atoms with Gasteiger partial charge in [-0.05, 0) is 42.5 Å². The second-order valence-electron chi connectivity index (χ2n) is 5.57. The molecule has 1 heterocycles. The molecule has 2 aliphatic rings. The fraction of sp³-hybridized carbons (Fsp3) is 0.333. The van der Waals surface area contributed by atoms with Crippen LogP contribution in [0.5, 0.6) is 5.75 Å². The summed E-state index contributed by atoms with van der Waals surface area (Å²) in [6, 6.07) is 7.57. The lowest BCUT2D eigenvalue weighted by atomic mass is 9.96. The lowest BCUT2D eigenvalue weighted by molar-refractivity contribution is -0.139. The number of carbonyl (C=O) groups excluding carboxylic acids is 2. The van der Waals surface area contributed by atoms with Crippen molar-refractivity contribution in [1.82, 2.24) is 4.90 Å². The Labute approximate surface area is 135 Å². The maximum Gasteiger partial charge on any atom is 0.343 e. The predicted octanol–water partition coefficient (Wildman–Crippen LogP) is 2.57. The van der Waals surface area contributed by atoms with Gasteiger partial charge in [0.1, 0.15) is 11.3 Å². The van der Waals surface area contributed by atoms with Gasteiger partial charge in [-0.25, -0.2) is 4.79 Å². The average molecular weight is 313 g/mol. The van der Waals surface area contributed by atoms with Crippen molar-refractivity contribution < 1.29 is 19.1 Å². The lowest BCUT2D eigenvalue weighted by Gasteiger charge is -2.22. The van der Waals surface area contributed by atoms with Crippen molar-refractivity contribution in [2.75, 3.05) is 14.2 Å². The monoisotopic (exact) mass is 313 g/mol. The summed E-state index contributed by atoms with van der Waals surface area (Å²) in [4.78, 5) is 26.4. The molecule has 1 amide bonds. The van der Waals surface area contributed by atoms with Gasteiger partial charge < -0.3 is 14.4 Å². The molecule has 5 heteroatoms. The van der Waals surface area contributed by atoms with Gasteiger partial charge in [-0.1, -0.05) is 18.2 Å². The van der Waals surface area contributed by atoms with Crippen LogP contribution in [0.3, 0.4) is 0 Å². The Morgan fingerprint density at radius 3 is 2.61 bits per heavy atom. The molecule has 0 spiro atoms. The van der Waals surface area contributed by atoms with Gasteiger partial charge in [-0.15, -0.1) is 0 Å². The van der Waals surface area contributed by atoms with Crippen LogP contribution in [0, 0.1) is 0 Å². The minimum absolute atomic E-state index is 0.187. The molecule has 23 heavy (non-hydrogen) atoms. The number of hydrogen-bond acceptors (Lipinski definition) is 4. The first-order valence-electron chi connectivity index (χ1n) is 7.62. The molecular formula is C18H19NO4. The van der Waals surface area contributed by atoms with Gasteiger partial charge in [0.25, 0.3) is 5.91 Å². The highest BCUT2D eigenvalue weighted by molar-refractivity contribution is 6.20. The Morgan fingerprint density at radius 2 is 1.96 bits per heavy atom. The highest BCUT2D eigenvalue weighted by Crippen LogP contribution is 2.37. The van der Waals surface area contributed by atoms with Crippen molar-refractivity contribution in [3.8, 4) is 5.75 Å². The predicted molar refractivity (Wildman–Crippen MR) is 84.5 cm³/mol. The van der Waals surface area contributed by atoms with Crippen molar-refractivity contribution in [2.24, 2.45) is 0 Å². The van der Waals surface area contributed by atoms with Crippen LogP contribution in [0.25, 0.3) is 0 Å². The number of amides is 1. The highest BCUT2D eigenvalue weighted by atomic mass is 16.5. The summed E-state index contributed by atoms with van der Waals surface area (Å²) in [7, 11) is 2.92. The number of methoxy groups -OCH3 is 2. The van der Waals surface area contributed by atoms with Crippen LogP contribution < -0.4 is 4.74 Å². The van der Waals surface area contributed by atoms with Crippen molar-refractivity contribution in [2.45, 2.75) is 25.8 Å². The van der Waals surface area contributed by atoms with Gasteiger partial charge in [0.15, 0.2) is 0 Å². The SMILES string of the molecule is COC(=O)C1=C2CCCC=C2N(Cc2ccc(OC)cc2)C1=O. The molecule has 1 aliphatic carbocycles. The van der Waals surface area contributed by atoms with Gasteiger partial charge in [-0.2, -0.15) is 0 Å². The Hall–Kier alpha value is -2.56. The molecule has 0 radical (unpaired) electrons. The molecule has 3 rings (SSSR count). The first-order valence-corrected chi connectivity index (χ1v) is 7.62. The van der Waals surface area contributed by atoms with Gasteiger partial charge in [-0.3, -0.25) is 4.79 Å². The molecule has 0 saturated carbocycles. The Morgan fingerprint density at radius 1 is 1.22 bits per heavy atom. The number of benzene rings is 1. The molecule has 0 fully saturated rings. The van der Waals surface area contributed by atoms with E-state index >= 15 is 0 Å². The van der Waals surface area contributed by atoms with E-state index in [0.717, 1.165) is 41.8 Å². The number of carbonyl (C=O) groups is 2. The minimum atomic E-state index is -0.546. The smallest absolute Gasteiger partial charge is 0.343 e. The third kappa shape index (κ3) is 2.74. The van der Waals surface area contributed by atoms with E-state index in [1.54, 1.807) is 12.0 Å². The maximum absolute atomic E-state index is 12.7. The quantitative estimate of drug-likeness (QED) is 0.633. The summed E-state index contributed by atoms with van der Waals surface area (Å²) in [5, 5.41) is 0. The average Bonchev–Trinajstić information content (AvgIpc) is 2.87. The second kappa shape index (κ2) is 6.28. The summed E-state index contributed by atoms with van der Waals surface area (Å²) in [6.07, 6.45) is 4.64. The Bertz CT molecular complexity index is 700. The topological polar surface area (TPSA) is 55.8 Å². The molecule has 0 aromatic heterocycles. The summed E-state index contributed by atoms with van der Waals surface area (Å²) in [5.74, 6) is -0.0432. The lowest BCUT2D eigenvalue weighted by Crippen LogP contribution is -2.27. The van der Waals surface area contributed by atoms with Crippen LogP contribution in [-0.2, 0) is 20.9 Å². The number of hydrogen-bond donors (Lipinski definition) is 0. The molecule has 1 aromatic carbocycles. The number of nitrogens with zero attached hydrogens (tertiary/aromatic N) is 1. The normalized spacial score (nSPS) is 17.0. The molecule has 120 valence electrons. The van der Waals surface area contributed by atoms with Crippen molar-refractivity contribution in [1.29, 1.82) is 0 Å². The molecule has 0 unspecified atom stereocenters. The van der Waals surface area contributed by atoms with Gasteiger partial charge in [0, 0.05) is 5.70 Å². The van der Waals surface area contributed by atoms with Gasteiger partial charge in [0.05, 0.1) is 20.8 Å². The summed E-state index contributed by atoms with van der Waals surface area (Å²) in [6.45, 7) is 0.429. The Balaban J connectivity index is 1.90. The van der Waals surface area contributed by atoms with E-state index in [9.17, 15) is 9.59 Å². The summed E-state index contributed by atoms with van der Waals surface area (Å²) < 4.78 is 9.94. The molecule has 0 atom stereocenters. The minimum Gasteiger partial charge on any atom is -0.497 e. The van der Waals surface area contributed by atoms with E-state index in [1.165, 1.54) is 7.11 Å². The van der Waals surface area contributed by atoms with Gasteiger partial charge in [0.2, 0.25) is 0 Å². The fourth-order valence-electron chi connectivity index (χ4n) is 3.05. The zero-order valence-corrected chi connectivity index (χ0v) is 13.3. The second-order valence-corrected chi connectivity index (χ2v) is 5.57. The molecule has 0 saturated heterocycles. The van der Waals surface area contributed by atoms with E-state index < -0.39 is 5.97 Å². The molecular weight excluding hydrogens is 294 g/mol. The summed E-state index contributed by atoms with van der Waals surface area (Å²) >= 11 is 0. The Kier molecular flexibility index (Phi) is 4.19. The molecule has 5 nitrogen and oxygen atoms in total. The van der Waals surface area contributed by atoms with Crippen LogP contribution in [0.15, 0.2) is 47.2 Å². The number of allylic oxidation sites excluding steroid dienone is 2. The summed E-state index contributed by atoms with van der Waals surface area (Å²) in [5.41, 5.74) is 2.85. The van der Waals surface area contributed by atoms with Crippen LogP contribution in [-0.4, -0.2) is 31.0 Å². The van der Waals surface area contributed by atoms with Crippen molar-refractivity contribution in [3.05, 3.63) is 52.7 Å². The number of ether oxygens (including phenoxy) is 2. The number of rotatable bonds is 4. The van der Waals surface area contributed by atoms with E-state index in [1.807, 2.05) is 30.3 Å². The first-order chi connectivity index (χ1) is 11.2. The largest absolute Gasteiger partial charge is 0.497 e. The van der Waals surface area contributed by atoms with E-state index in [0.29, 0.717) is 6.54 Å². The van der Waals surface area contributed by atoms with E-state index in [-0.39, 0.29) is 11.5 Å². The third-order valence-electron chi connectivity index (χ3n) is 4.22. The molecule has 1 aliphatic heterocycles. The van der Waals surface area contributed by atoms with Crippen molar-refractivity contribution >= 4 is 11.9 Å². The van der Waals surface area contributed by atoms with Crippen LogP contribution in [0.2, 0.25) is 0 Å². The molecule has 0 N–H and O–H groups in total. The maximum atomic E-state index is 12.7. The molecule has 0 bridgehead atoms. The van der Waals surface area contributed by atoms with Crippen LogP contribution in [0.1, 0.15) is 24.8 Å². The standard InChI is InChI=1S/C18H19NO4/c1-22-13-9-7-12(8-10-13)11-19-15-6-4-3-5-14(15)16(17(19)20)18(21)23-2/h6-10H,3-5,11H2,1-2H3. The van der Waals surface area contributed by atoms with E-state index in [4.69, 9.17) is 9.47 Å². The van der Waals surface area contributed by atoms with E-state index in [2.05, 4.69) is 0 Å². The number of esters is 1. The van der Waals surface area contributed by atoms with Crippen LogP contribution in [0.4, 0.5) is 0 Å². The zero-order valence-electron chi connectivity index (χ0n) is 13.3. The zero-order chi connectivity index (χ0) is 16.4. The number of fused-ring (bicyclic) bond motifs is 1.